The molecule has 3 N–H and O–H groups in total. The monoisotopic (exact) mass is 719 g/mol. The zero-order chi connectivity index (χ0) is 37.7. The summed E-state index contributed by atoms with van der Waals surface area (Å²) in [6.45, 7) is 11.1. The lowest BCUT2D eigenvalue weighted by molar-refractivity contribution is 0.304. The molecular formula is C49H57N3O2. The third kappa shape index (κ3) is 7.73. The predicted octanol–water partition coefficient (Wildman–Crippen LogP) is 12.2. The maximum absolute atomic E-state index is 9.98. The number of phenols is 2. The molecule has 0 heterocycles. The minimum Gasteiger partial charge on any atom is -0.508 e. The highest BCUT2D eigenvalue weighted by Gasteiger charge is 2.41. The number of benzene rings is 5. The molecule has 0 bridgehead atoms. The molecule has 0 spiro atoms. The van der Waals surface area contributed by atoms with Gasteiger partial charge in [-0.15, -0.1) is 0 Å². The summed E-state index contributed by atoms with van der Waals surface area (Å²) in [5, 5.41) is 24.0. The van der Waals surface area contributed by atoms with E-state index in [9.17, 15) is 10.2 Å². The second-order valence-corrected chi connectivity index (χ2v) is 15.7. The summed E-state index contributed by atoms with van der Waals surface area (Å²) in [5.41, 5.74) is 10.8. The van der Waals surface area contributed by atoms with E-state index in [0.29, 0.717) is 12.0 Å². The van der Waals surface area contributed by atoms with Crippen molar-refractivity contribution in [3.63, 3.8) is 0 Å². The molecule has 0 aromatic heterocycles. The maximum Gasteiger partial charge on any atom is 0.115 e. The van der Waals surface area contributed by atoms with Crippen molar-refractivity contribution < 1.29 is 10.2 Å². The molecule has 280 valence electrons. The van der Waals surface area contributed by atoms with Gasteiger partial charge in [0, 0.05) is 64.5 Å². The summed E-state index contributed by atoms with van der Waals surface area (Å²) in [6.07, 6.45) is 10.6. The van der Waals surface area contributed by atoms with Crippen molar-refractivity contribution >= 4 is 28.4 Å². The Balaban J connectivity index is 1.29. The number of hydrogen-bond acceptors (Lipinski definition) is 5. The highest BCUT2D eigenvalue weighted by Crippen LogP contribution is 2.51. The number of hydrogen-bond donors (Lipinski definition) is 3. The topological polar surface area (TPSA) is 59.0 Å². The Hall–Kier alpha value is -5.16. The number of nitrogens with one attached hydrogen (secondary N) is 1. The second kappa shape index (κ2) is 16.5. The van der Waals surface area contributed by atoms with Crippen LogP contribution in [0.3, 0.4) is 0 Å². The maximum atomic E-state index is 9.98. The number of fused-ring (bicyclic) bond motifs is 1. The summed E-state index contributed by atoms with van der Waals surface area (Å²) in [7, 11) is 0. The Morgan fingerprint density at radius 3 is 1.59 bits per heavy atom. The normalized spacial score (nSPS) is 19.5. The lowest BCUT2D eigenvalue weighted by Crippen LogP contribution is -2.39. The molecule has 3 atom stereocenters. The Bertz CT molecular complexity index is 1900. The van der Waals surface area contributed by atoms with Crippen molar-refractivity contribution in [2.45, 2.75) is 90.0 Å². The van der Waals surface area contributed by atoms with Crippen molar-refractivity contribution in [3.8, 4) is 11.5 Å². The molecule has 5 aromatic rings. The molecule has 5 nitrogen and oxygen atoms in total. The highest BCUT2D eigenvalue weighted by molar-refractivity contribution is 5.72. The molecule has 0 amide bonds. The van der Waals surface area contributed by atoms with Gasteiger partial charge in [-0.25, -0.2) is 0 Å². The molecule has 5 aromatic carbocycles. The number of nitrogens with zero attached hydrogens (tertiary/aromatic N) is 2. The lowest BCUT2D eigenvalue weighted by Gasteiger charge is -2.43. The van der Waals surface area contributed by atoms with Crippen LogP contribution in [0.5, 0.6) is 11.5 Å². The van der Waals surface area contributed by atoms with Crippen molar-refractivity contribution in [1.29, 1.82) is 0 Å². The molecule has 3 unspecified atom stereocenters. The fourth-order valence-corrected chi connectivity index (χ4v) is 9.04. The molecule has 2 aliphatic rings. The van der Waals surface area contributed by atoms with Gasteiger partial charge >= 0.3 is 0 Å². The number of aromatic hydroxyl groups is 2. The molecule has 2 aliphatic carbocycles. The smallest absolute Gasteiger partial charge is 0.115 e. The second-order valence-electron chi connectivity index (χ2n) is 15.7. The number of allylic oxidation sites excluding steroid dienone is 1. The lowest BCUT2D eigenvalue weighted by atomic mass is 9.61. The van der Waals surface area contributed by atoms with E-state index in [4.69, 9.17) is 0 Å². The van der Waals surface area contributed by atoms with Gasteiger partial charge in [0.15, 0.2) is 0 Å². The van der Waals surface area contributed by atoms with E-state index >= 15 is 0 Å². The van der Waals surface area contributed by atoms with Gasteiger partial charge in [0.05, 0.1) is 0 Å². The quantitative estimate of drug-likeness (QED) is 0.113. The van der Waals surface area contributed by atoms with Crippen molar-refractivity contribution in [2.24, 2.45) is 5.92 Å². The minimum absolute atomic E-state index is 0.0924. The molecule has 0 radical (unpaired) electrons. The summed E-state index contributed by atoms with van der Waals surface area (Å²) in [5.74, 6) is 1.33. The Labute approximate surface area is 323 Å². The van der Waals surface area contributed by atoms with Crippen molar-refractivity contribution in [2.75, 3.05) is 22.9 Å². The predicted molar refractivity (Wildman–Crippen MR) is 226 cm³/mol. The fourth-order valence-electron chi connectivity index (χ4n) is 9.04. The van der Waals surface area contributed by atoms with Gasteiger partial charge in [0.2, 0.25) is 0 Å². The van der Waals surface area contributed by atoms with Gasteiger partial charge in [0.25, 0.3) is 0 Å². The molecule has 54 heavy (non-hydrogen) atoms. The minimum atomic E-state index is -0.205. The third-order valence-electron chi connectivity index (χ3n) is 11.9. The largest absolute Gasteiger partial charge is 0.508 e. The van der Waals surface area contributed by atoms with E-state index < -0.39 is 0 Å². The van der Waals surface area contributed by atoms with Crippen LogP contribution in [0.2, 0.25) is 0 Å². The molecule has 7 rings (SSSR count). The van der Waals surface area contributed by atoms with Crippen molar-refractivity contribution in [1.82, 2.24) is 5.32 Å². The van der Waals surface area contributed by atoms with Crippen LogP contribution in [0.4, 0.5) is 22.7 Å². The van der Waals surface area contributed by atoms with E-state index in [1.165, 1.54) is 53.6 Å². The summed E-state index contributed by atoms with van der Waals surface area (Å²) < 4.78 is 0. The van der Waals surface area contributed by atoms with Crippen LogP contribution < -0.4 is 15.1 Å². The van der Waals surface area contributed by atoms with Crippen LogP contribution >= 0.6 is 0 Å². The number of phenolic OH excluding ortho intramolecular Hbond substituents is 2. The first kappa shape index (κ1) is 37.2. The van der Waals surface area contributed by atoms with Gasteiger partial charge in [-0.1, -0.05) is 95.1 Å². The van der Waals surface area contributed by atoms with Crippen molar-refractivity contribution in [3.05, 3.63) is 150 Å². The average Bonchev–Trinajstić information content (AvgIpc) is 3.20. The van der Waals surface area contributed by atoms with Gasteiger partial charge in [-0.05, 0) is 128 Å². The summed E-state index contributed by atoms with van der Waals surface area (Å²) in [4.78, 5) is 4.67. The Morgan fingerprint density at radius 1 is 0.648 bits per heavy atom. The van der Waals surface area contributed by atoms with Crippen LogP contribution in [-0.4, -0.2) is 29.3 Å². The molecule has 0 saturated heterocycles. The van der Waals surface area contributed by atoms with Crippen LogP contribution in [0.1, 0.15) is 101 Å². The Morgan fingerprint density at radius 2 is 1.11 bits per heavy atom. The van der Waals surface area contributed by atoms with Gasteiger partial charge in [0.1, 0.15) is 11.5 Å². The molecule has 5 heteroatoms. The first-order valence-electron chi connectivity index (χ1n) is 20.2. The van der Waals surface area contributed by atoms with Gasteiger partial charge < -0.3 is 25.3 Å². The van der Waals surface area contributed by atoms with E-state index in [1.54, 1.807) is 24.3 Å². The highest BCUT2D eigenvalue weighted by atomic mass is 16.3. The average molecular weight is 720 g/mol. The van der Waals surface area contributed by atoms with Gasteiger partial charge in [-0.2, -0.15) is 0 Å². The number of anilines is 4. The zero-order valence-corrected chi connectivity index (χ0v) is 32.5. The molecule has 1 saturated carbocycles. The van der Waals surface area contributed by atoms with E-state index in [-0.39, 0.29) is 22.8 Å². The standard InChI is InChI=1S/C49H57N3O2/c1-5-33-51(40-23-27-42(53)28-24-40)38-19-15-36(16-20-38)48(37-17-21-39(22-18-37)52(34-6-2)41-25-29-43(54)30-26-41)49(4)32-31-47(44-12-8-9-13-45(44)49)50-46-14-10-7-11-35(46)3/h8-9,12-13,15-31,35,46,48,50,53-54H,5-7,10-11,14,32-34H2,1-4H3. The molecule has 0 aliphatic heterocycles. The van der Waals surface area contributed by atoms with Crippen LogP contribution in [-0.2, 0) is 5.41 Å². The van der Waals surface area contributed by atoms with E-state index in [0.717, 1.165) is 55.1 Å². The van der Waals surface area contributed by atoms with E-state index in [2.05, 4.69) is 122 Å². The first-order chi connectivity index (χ1) is 26.3. The van der Waals surface area contributed by atoms with Crippen LogP contribution in [0.25, 0.3) is 5.70 Å². The summed E-state index contributed by atoms with van der Waals surface area (Å²) in [6, 6.07) is 43.1. The zero-order valence-electron chi connectivity index (χ0n) is 32.5. The van der Waals surface area contributed by atoms with Crippen LogP contribution in [0.15, 0.2) is 127 Å². The van der Waals surface area contributed by atoms with Gasteiger partial charge in [-0.3, -0.25) is 0 Å². The fraction of sp³-hybridized carbons (Fsp3) is 0.347. The number of rotatable bonds is 13. The SMILES string of the molecule is CCCN(c1ccc(O)cc1)c1ccc(C(c2ccc(N(CCC)c3ccc(O)cc3)cc2)C2(C)CC=C(NC3CCCCC3C)c3ccccc32)cc1. The summed E-state index contributed by atoms with van der Waals surface area (Å²) >= 11 is 0. The first-order valence-corrected chi connectivity index (χ1v) is 20.2. The van der Waals surface area contributed by atoms with Crippen LogP contribution in [0, 0.1) is 5.92 Å². The van der Waals surface area contributed by atoms with E-state index in [1.807, 2.05) is 24.3 Å². The molecular weight excluding hydrogens is 663 g/mol. The molecule has 1 fully saturated rings. The Kier molecular flexibility index (Phi) is 11.3. The third-order valence-corrected chi connectivity index (χ3v) is 11.9.